The Morgan fingerprint density at radius 2 is 1.67 bits per heavy atom. The summed E-state index contributed by atoms with van der Waals surface area (Å²) < 4.78 is 4.76. The van der Waals surface area contributed by atoms with Crippen LogP contribution in [0.1, 0.15) is 13.8 Å². The fourth-order valence-electron chi connectivity index (χ4n) is 0.532. The molecule has 0 aromatic carbocycles. The lowest BCUT2D eigenvalue weighted by molar-refractivity contribution is -0.0608. The Balaban J connectivity index is 3.58. The van der Waals surface area contributed by atoms with E-state index in [2.05, 4.69) is 0 Å². The van der Waals surface area contributed by atoms with Gasteiger partial charge in [-0.05, 0) is 13.8 Å². The van der Waals surface area contributed by atoms with Gasteiger partial charge in [-0.15, -0.1) is 0 Å². The van der Waals surface area contributed by atoms with Gasteiger partial charge in [-0.2, -0.15) is 0 Å². The molecule has 0 aromatic heterocycles. The van der Waals surface area contributed by atoms with E-state index in [1.165, 1.54) is 14.0 Å². The summed E-state index contributed by atoms with van der Waals surface area (Å²) in [4.78, 5) is 0. The second kappa shape index (κ2) is 3.82. The van der Waals surface area contributed by atoms with Crippen LogP contribution in [0, 0.1) is 0 Å². The monoisotopic (exact) mass is 134 g/mol. The molecule has 0 heterocycles. The molecule has 0 spiro atoms. The second-order valence-corrected chi connectivity index (χ2v) is 2.17. The predicted octanol–water partition coefficient (Wildman–Crippen LogP) is -0.237. The summed E-state index contributed by atoms with van der Waals surface area (Å²) in [5.41, 5.74) is 0. The van der Waals surface area contributed by atoms with E-state index in [-0.39, 0.29) is 6.10 Å². The van der Waals surface area contributed by atoms with Crippen molar-refractivity contribution >= 4 is 0 Å². The Morgan fingerprint density at radius 1 is 1.22 bits per heavy atom. The Labute approximate surface area is 55.3 Å². The molecule has 0 saturated heterocycles. The molecule has 9 heavy (non-hydrogen) atoms. The van der Waals surface area contributed by atoms with Crippen molar-refractivity contribution in [2.75, 3.05) is 7.11 Å². The van der Waals surface area contributed by atoms with Crippen LogP contribution in [0.3, 0.4) is 0 Å². The standard InChI is InChI=1S/C6H14O3/c1-4(7)6(8)5(2)9-3/h4-8H,1-3H3. The highest BCUT2D eigenvalue weighted by Gasteiger charge is 2.17. The average molecular weight is 134 g/mol. The molecular weight excluding hydrogens is 120 g/mol. The SMILES string of the molecule is COC(C)C(O)C(C)O. The number of hydrogen-bond acceptors (Lipinski definition) is 3. The third-order valence-corrected chi connectivity index (χ3v) is 1.35. The molecule has 0 fully saturated rings. The van der Waals surface area contributed by atoms with Gasteiger partial charge in [0.25, 0.3) is 0 Å². The number of ether oxygens (including phenoxy) is 1. The van der Waals surface area contributed by atoms with Crippen molar-refractivity contribution < 1.29 is 14.9 Å². The molecule has 0 saturated carbocycles. The summed E-state index contributed by atoms with van der Waals surface area (Å²) in [6, 6.07) is 0. The van der Waals surface area contributed by atoms with E-state index >= 15 is 0 Å². The normalized spacial score (nSPS) is 21.0. The average Bonchev–Trinajstić information content (AvgIpc) is 1.84. The smallest absolute Gasteiger partial charge is 0.105 e. The zero-order valence-corrected chi connectivity index (χ0v) is 6.03. The maximum atomic E-state index is 9.02. The van der Waals surface area contributed by atoms with E-state index in [0.29, 0.717) is 0 Å². The van der Waals surface area contributed by atoms with E-state index in [4.69, 9.17) is 14.9 Å². The predicted molar refractivity (Wildman–Crippen MR) is 34.2 cm³/mol. The van der Waals surface area contributed by atoms with E-state index in [9.17, 15) is 0 Å². The van der Waals surface area contributed by atoms with Crippen LogP contribution in [0.4, 0.5) is 0 Å². The van der Waals surface area contributed by atoms with Crippen LogP contribution in [-0.4, -0.2) is 35.6 Å². The van der Waals surface area contributed by atoms with Gasteiger partial charge in [0.2, 0.25) is 0 Å². The van der Waals surface area contributed by atoms with Crippen LogP contribution in [0.5, 0.6) is 0 Å². The highest BCUT2D eigenvalue weighted by molar-refractivity contribution is 4.68. The molecule has 56 valence electrons. The topological polar surface area (TPSA) is 49.7 Å². The molecule has 3 nitrogen and oxygen atoms in total. The minimum absolute atomic E-state index is 0.301. The van der Waals surface area contributed by atoms with Crippen LogP contribution < -0.4 is 0 Å². The van der Waals surface area contributed by atoms with Gasteiger partial charge in [-0.3, -0.25) is 0 Å². The minimum atomic E-state index is -0.782. The first-order valence-corrected chi connectivity index (χ1v) is 2.98. The number of rotatable bonds is 3. The van der Waals surface area contributed by atoms with Crippen molar-refractivity contribution in [2.24, 2.45) is 0 Å². The fraction of sp³-hybridized carbons (Fsp3) is 1.00. The third kappa shape index (κ3) is 2.79. The van der Waals surface area contributed by atoms with Crippen molar-refractivity contribution in [3.63, 3.8) is 0 Å². The second-order valence-electron chi connectivity index (χ2n) is 2.17. The number of methoxy groups -OCH3 is 1. The largest absolute Gasteiger partial charge is 0.391 e. The quantitative estimate of drug-likeness (QED) is 0.560. The van der Waals surface area contributed by atoms with E-state index in [1.54, 1.807) is 6.92 Å². The molecule has 0 rings (SSSR count). The minimum Gasteiger partial charge on any atom is -0.391 e. The first kappa shape index (κ1) is 8.88. The Bertz CT molecular complexity index is 72.7. The van der Waals surface area contributed by atoms with Crippen molar-refractivity contribution in [3.05, 3.63) is 0 Å². The van der Waals surface area contributed by atoms with Gasteiger partial charge >= 0.3 is 0 Å². The zero-order chi connectivity index (χ0) is 7.44. The lowest BCUT2D eigenvalue weighted by Gasteiger charge is -2.19. The van der Waals surface area contributed by atoms with Crippen LogP contribution in [0.25, 0.3) is 0 Å². The molecule has 3 atom stereocenters. The number of hydrogen-bond donors (Lipinski definition) is 2. The first-order chi connectivity index (χ1) is 4.09. The van der Waals surface area contributed by atoms with E-state index < -0.39 is 12.2 Å². The Hall–Kier alpha value is -0.120. The molecule has 3 heteroatoms. The fourth-order valence-corrected chi connectivity index (χ4v) is 0.532. The molecule has 0 aliphatic rings. The summed E-state index contributed by atoms with van der Waals surface area (Å²) in [5, 5.41) is 17.8. The number of aliphatic hydroxyl groups excluding tert-OH is 2. The highest BCUT2D eigenvalue weighted by atomic mass is 16.5. The lowest BCUT2D eigenvalue weighted by atomic mass is 10.1. The summed E-state index contributed by atoms with van der Waals surface area (Å²) in [6.07, 6.45) is -1.81. The Kier molecular flexibility index (Phi) is 3.77. The molecular formula is C6H14O3. The molecule has 0 bridgehead atoms. The summed E-state index contributed by atoms with van der Waals surface area (Å²) >= 11 is 0. The summed E-state index contributed by atoms with van der Waals surface area (Å²) in [5.74, 6) is 0. The van der Waals surface area contributed by atoms with Crippen LogP contribution >= 0.6 is 0 Å². The third-order valence-electron chi connectivity index (χ3n) is 1.35. The highest BCUT2D eigenvalue weighted by Crippen LogP contribution is 2.00. The van der Waals surface area contributed by atoms with Gasteiger partial charge in [0.1, 0.15) is 6.10 Å². The molecule has 0 aliphatic carbocycles. The van der Waals surface area contributed by atoms with Gasteiger partial charge in [-0.25, -0.2) is 0 Å². The van der Waals surface area contributed by atoms with Gasteiger partial charge in [0.15, 0.2) is 0 Å². The van der Waals surface area contributed by atoms with Crippen molar-refractivity contribution in [1.82, 2.24) is 0 Å². The lowest BCUT2D eigenvalue weighted by Crippen LogP contribution is -2.34. The van der Waals surface area contributed by atoms with Crippen LogP contribution in [0.2, 0.25) is 0 Å². The van der Waals surface area contributed by atoms with Gasteiger partial charge in [0, 0.05) is 7.11 Å². The van der Waals surface area contributed by atoms with Gasteiger partial charge in [0.05, 0.1) is 12.2 Å². The van der Waals surface area contributed by atoms with Gasteiger partial charge in [-0.1, -0.05) is 0 Å². The molecule has 2 N–H and O–H groups in total. The summed E-state index contributed by atoms with van der Waals surface area (Å²) in [6.45, 7) is 3.23. The van der Waals surface area contributed by atoms with Crippen LogP contribution in [-0.2, 0) is 4.74 Å². The maximum Gasteiger partial charge on any atom is 0.105 e. The maximum absolute atomic E-state index is 9.02. The molecule has 0 amide bonds. The van der Waals surface area contributed by atoms with Crippen LogP contribution in [0.15, 0.2) is 0 Å². The van der Waals surface area contributed by atoms with Crippen molar-refractivity contribution in [1.29, 1.82) is 0 Å². The molecule has 3 unspecified atom stereocenters. The molecule has 0 aliphatic heterocycles. The van der Waals surface area contributed by atoms with E-state index in [1.807, 2.05) is 0 Å². The number of aliphatic hydroxyl groups is 2. The summed E-state index contributed by atoms with van der Waals surface area (Å²) in [7, 11) is 1.50. The first-order valence-electron chi connectivity index (χ1n) is 2.98. The van der Waals surface area contributed by atoms with Crippen molar-refractivity contribution in [3.8, 4) is 0 Å². The van der Waals surface area contributed by atoms with E-state index in [0.717, 1.165) is 0 Å². The zero-order valence-electron chi connectivity index (χ0n) is 6.03. The molecule has 0 radical (unpaired) electrons. The van der Waals surface area contributed by atoms with Crippen molar-refractivity contribution in [2.45, 2.75) is 32.2 Å². The Morgan fingerprint density at radius 3 is 1.78 bits per heavy atom. The molecule has 0 aromatic rings. The van der Waals surface area contributed by atoms with Gasteiger partial charge < -0.3 is 14.9 Å².